The van der Waals surface area contributed by atoms with Crippen LogP contribution in [0.3, 0.4) is 0 Å². The summed E-state index contributed by atoms with van der Waals surface area (Å²) in [5.74, 6) is -0.618. The lowest BCUT2D eigenvalue weighted by molar-refractivity contribution is 0.0504. The van der Waals surface area contributed by atoms with Gasteiger partial charge in [-0.3, -0.25) is 9.59 Å². The molecule has 0 radical (unpaired) electrons. The van der Waals surface area contributed by atoms with Gasteiger partial charge >= 0.3 is 6.09 Å². The maximum Gasteiger partial charge on any atom is 0.407 e. The van der Waals surface area contributed by atoms with E-state index in [1.165, 1.54) is 19.4 Å². The van der Waals surface area contributed by atoms with Crippen LogP contribution in [0.25, 0.3) is 22.4 Å². The first-order valence-electron chi connectivity index (χ1n) is 15.3. The largest absolute Gasteiger partial charge is 0.467 e. The fourth-order valence-electron chi connectivity index (χ4n) is 4.58. The van der Waals surface area contributed by atoms with E-state index >= 15 is 0 Å². The number of anilines is 1. The first-order chi connectivity index (χ1) is 23.2. The minimum absolute atomic E-state index is 0.0242. The number of halogens is 1. The number of nitrogens with one attached hydrogen (secondary N) is 3. The molecule has 0 spiro atoms. The number of benzene rings is 2. The van der Waals surface area contributed by atoms with Crippen molar-refractivity contribution in [3.05, 3.63) is 88.8 Å². The van der Waals surface area contributed by atoms with Crippen molar-refractivity contribution < 1.29 is 33.0 Å². The third-order valence-corrected chi connectivity index (χ3v) is 7.17. The van der Waals surface area contributed by atoms with E-state index in [0.29, 0.717) is 38.7 Å². The van der Waals surface area contributed by atoms with Crippen LogP contribution in [0.15, 0.2) is 71.3 Å². The molecule has 12 nitrogen and oxygen atoms in total. The summed E-state index contributed by atoms with van der Waals surface area (Å²) in [5.41, 5.74) is 1.02. The average Bonchev–Trinajstić information content (AvgIpc) is 3.60. The Labute approximate surface area is 289 Å². The van der Waals surface area contributed by atoms with Crippen molar-refractivity contribution in [2.45, 2.75) is 40.2 Å². The molecule has 0 unspecified atom stereocenters. The van der Waals surface area contributed by atoms with Gasteiger partial charge in [0, 0.05) is 41.9 Å². The van der Waals surface area contributed by atoms with Gasteiger partial charge in [0.2, 0.25) is 0 Å². The van der Waals surface area contributed by atoms with Crippen molar-refractivity contribution in [3.8, 4) is 34.2 Å². The molecule has 3 N–H and O–H groups in total. The Balaban J connectivity index is 1.68. The van der Waals surface area contributed by atoms with Crippen LogP contribution in [-0.2, 0) is 9.47 Å². The maximum atomic E-state index is 13.4. The summed E-state index contributed by atoms with van der Waals surface area (Å²) in [6.07, 6.45) is 0.817. The summed E-state index contributed by atoms with van der Waals surface area (Å²) in [5, 5.41) is 19.1. The van der Waals surface area contributed by atoms with Crippen molar-refractivity contribution in [1.82, 2.24) is 15.6 Å². The van der Waals surface area contributed by atoms with Gasteiger partial charge in [0.1, 0.15) is 23.0 Å². The number of hydrogen-bond donors (Lipinski definition) is 3. The van der Waals surface area contributed by atoms with E-state index in [1.807, 2.05) is 13.8 Å². The van der Waals surface area contributed by atoms with Crippen molar-refractivity contribution in [3.63, 3.8) is 0 Å². The lowest BCUT2D eigenvalue weighted by Crippen LogP contribution is -2.43. The lowest BCUT2D eigenvalue weighted by Gasteiger charge is -2.27. The SMILES string of the molecule is COCOc1cc(Cl)ccc1-c1cc(-c2cccc(C(=O)NCC(C)(C)CNC(=O)OC(C)(C)C)c2)c(C#N)c(NC(=O)c2ccco2)n1. The van der Waals surface area contributed by atoms with Gasteiger partial charge in [-0.05, 0) is 80.3 Å². The maximum absolute atomic E-state index is 13.4. The van der Waals surface area contributed by atoms with Gasteiger partial charge < -0.3 is 34.6 Å². The molecule has 4 aromatic rings. The molecular formula is C36H38ClN5O7. The van der Waals surface area contributed by atoms with Crippen LogP contribution in [0.1, 0.15) is 61.1 Å². The average molecular weight is 688 g/mol. The third kappa shape index (κ3) is 10.1. The van der Waals surface area contributed by atoms with Crippen LogP contribution in [0.5, 0.6) is 5.75 Å². The second-order valence-electron chi connectivity index (χ2n) is 12.8. The number of nitriles is 1. The van der Waals surface area contributed by atoms with Crippen LogP contribution in [-0.4, -0.2) is 55.5 Å². The molecule has 2 heterocycles. The number of carbonyl (C=O) groups is 3. The summed E-state index contributed by atoms with van der Waals surface area (Å²) >= 11 is 6.26. The van der Waals surface area contributed by atoms with E-state index in [0.717, 1.165) is 0 Å². The van der Waals surface area contributed by atoms with Gasteiger partial charge in [-0.15, -0.1) is 0 Å². The van der Waals surface area contributed by atoms with E-state index in [2.05, 4.69) is 27.0 Å². The van der Waals surface area contributed by atoms with Crippen LogP contribution < -0.4 is 20.7 Å². The Morgan fingerprint density at radius 1 is 0.939 bits per heavy atom. The fourth-order valence-corrected chi connectivity index (χ4v) is 4.74. The first kappa shape index (κ1) is 36.5. The monoisotopic (exact) mass is 687 g/mol. The summed E-state index contributed by atoms with van der Waals surface area (Å²) in [6, 6.07) is 18.6. The molecular weight excluding hydrogens is 650 g/mol. The normalized spacial score (nSPS) is 11.3. The smallest absolute Gasteiger partial charge is 0.407 e. The molecule has 0 bridgehead atoms. The highest BCUT2D eigenvalue weighted by Gasteiger charge is 2.24. The molecule has 49 heavy (non-hydrogen) atoms. The number of alkyl carbamates (subject to hydrolysis) is 1. The number of amides is 3. The van der Waals surface area contributed by atoms with Crippen LogP contribution in [0.2, 0.25) is 5.02 Å². The van der Waals surface area contributed by atoms with Crippen molar-refractivity contribution in [2.24, 2.45) is 5.41 Å². The molecule has 0 aliphatic rings. The highest BCUT2D eigenvalue weighted by molar-refractivity contribution is 6.30. The summed E-state index contributed by atoms with van der Waals surface area (Å²) in [4.78, 5) is 43.2. The predicted octanol–water partition coefficient (Wildman–Crippen LogP) is 7.05. The third-order valence-electron chi connectivity index (χ3n) is 6.93. The minimum Gasteiger partial charge on any atom is -0.467 e. The molecule has 0 saturated heterocycles. The highest BCUT2D eigenvalue weighted by atomic mass is 35.5. The number of nitrogens with zero attached hydrogens (tertiary/aromatic N) is 2. The van der Waals surface area contributed by atoms with Gasteiger partial charge in [0.25, 0.3) is 11.8 Å². The number of hydrogen-bond acceptors (Lipinski definition) is 9. The van der Waals surface area contributed by atoms with E-state index in [-0.39, 0.29) is 42.9 Å². The molecule has 256 valence electrons. The molecule has 0 fully saturated rings. The number of methoxy groups -OCH3 is 1. The Hall–Kier alpha value is -5.38. The van der Waals surface area contributed by atoms with Gasteiger partial charge in [0.05, 0.1) is 12.0 Å². The number of rotatable bonds is 12. The number of aromatic nitrogens is 1. The first-order valence-corrected chi connectivity index (χ1v) is 15.6. The Morgan fingerprint density at radius 3 is 2.37 bits per heavy atom. The topological polar surface area (TPSA) is 165 Å². The number of carbonyl (C=O) groups excluding carboxylic acids is 3. The molecule has 4 rings (SSSR count). The Morgan fingerprint density at radius 2 is 1.69 bits per heavy atom. The molecule has 2 aromatic heterocycles. The van der Waals surface area contributed by atoms with Gasteiger partial charge in [-0.25, -0.2) is 9.78 Å². The van der Waals surface area contributed by atoms with E-state index in [1.54, 1.807) is 75.4 Å². The summed E-state index contributed by atoms with van der Waals surface area (Å²) < 4.78 is 21.4. The quantitative estimate of drug-likeness (QED) is 0.132. The van der Waals surface area contributed by atoms with E-state index in [4.69, 9.17) is 30.2 Å². The number of ether oxygens (including phenoxy) is 3. The fraction of sp³-hybridized carbons (Fsp3) is 0.306. The lowest BCUT2D eigenvalue weighted by atomic mass is 9.93. The molecule has 0 atom stereocenters. The predicted molar refractivity (Wildman–Crippen MR) is 184 cm³/mol. The molecule has 13 heteroatoms. The molecule has 0 aliphatic carbocycles. The Kier molecular flexibility index (Phi) is 11.7. The number of pyridine rings is 1. The standard InChI is InChI=1S/C36H38ClN5O7/c1-35(2,3)49-34(45)40-20-36(4,5)19-39-32(43)23-10-7-9-22(15-23)26-17-28(25-13-12-24(37)16-30(25)48-21-46-6)41-31(27(26)18-38)42-33(44)29-11-8-14-47-29/h7-17H,19-21H2,1-6H3,(H,39,43)(H,40,45)(H,41,42,44). The van der Waals surface area contributed by atoms with Crippen molar-refractivity contribution >= 4 is 35.3 Å². The van der Waals surface area contributed by atoms with Gasteiger partial charge in [-0.1, -0.05) is 37.6 Å². The van der Waals surface area contributed by atoms with E-state index in [9.17, 15) is 19.6 Å². The number of furan rings is 1. The van der Waals surface area contributed by atoms with Crippen LogP contribution in [0.4, 0.5) is 10.6 Å². The van der Waals surface area contributed by atoms with Crippen molar-refractivity contribution in [1.29, 1.82) is 5.26 Å². The molecule has 0 aliphatic heterocycles. The minimum atomic E-state index is -0.630. The zero-order valence-corrected chi connectivity index (χ0v) is 28.9. The van der Waals surface area contributed by atoms with Crippen LogP contribution in [0, 0.1) is 16.7 Å². The summed E-state index contributed by atoms with van der Waals surface area (Å²) in [7, 11) is 1.48. The van der Waals surface area contributed by atoms with Crippen molar-refractivity contribution in [2.75, 3.05) is 32.3 Å². The molecule has 0 saturated carbocycles. The Bertz CT molecular complexity index is 1860. The zero-order chi connectivity index (χ0) is 35.8. The van der Waals surface area contributed by atoms with Crippen LogP contribution >= 0.6 is 11.6 Å². The van der Waals surface area contributed by atoms with E-state index < -0.39 is 23.0 Å². The van der Waals surface area contributed by atoms with Gasteiger partial charge in [-0.2, -0.15) is 5.26 Å². The zero-order valence-electron chi connectivity index (χ0n) is 28.1. The molecule has 3 amide bonds. The summed E-state index contributed by atoms with van der Waals surface area (Å²) in [6.45, 7) is 9.59. The second-order valence-corrected chi connectivity index (χ2v) is 13.2. The second kappa shape index (κ2) is 15.7. The highest BCUT2D eigenvalue weighted by Crippen LogP contribution is 2.37. The van der Waals surface area contributed by atoms with Gasteiger partial charge in [0.15, 0.2) is 18.4 Å². The molecule has 2 aromatic carbocycles.